The van der Waals surface area contributed by atoms with Gasteiger partial charge in [0, 0.05) is 39.5 Å². The summed E-state index contributed by atoms with van der Waals surface area (Å²) in [7, 11) is 0. The van der Waals surface area contributed by atoms with E-state index >= 15 is 0 Å². The quantitative estimate of drug-likeness (QED) is 0.593. The van der Waals surface area contributed by atoms with E-state index in [9.17, 15) is 4.79 Å². The number of halogens is 3. The lowest BCUT2D eigenvalue weighted by atomic mass is 10.00. The van der Waals surface area contributed by atoms with Crippen LogP contribution >= 0.6 is 47.8 Å². The molecule has 0 spiro atoms. The Hall–Kier alpha value is -0.690. The van der Waals surface area contributed by atoms with E-state index in [0.717, 1.165) is 45.2 Å². The Balaban J connectivity index is 1.55. The SMILES string of the molecule is O=C(CCN1CCc2ccccc2C1)Nc1c(Br)cc(Br)cc1Br. The number of anilines is 1. The van der Waals surface area contributed by atoms with Crippen molar-refractivity contribution in [1.82, 2.24) is 4.90 Å². The first-order chi connectivity index (χ1) is 11.5. The summed E-state index contributed by atoms with van der Waals surface area (Å²) in [6.45, 7) is 2.71. The summed E-state index contributed by atoms with van der Waals surface area (Å²) in [5, 5.41) is 2.98. The van der Waals surface area contributed by atoms with E-state index < -0.39 is 0 Å². The van der Waals surface area contributed by atoms with Gasteiger partial charge in [0.05, 0.1) is 5.69 Å². The molecule has 1 aliphatic heterocycles. The Bertz CT molecular complexity index is 741. The summed E-state index contributed by atoms with van der Waals surface area (Å²) in [5.74, 6) is 0.0255. The van der Waals surface area contributed by atoms with Gasteiger partial charge in [-0.25, -0.2) is 0 Å². The monoisotopic (exact) mass is 514 g/mol. The molecule has 1 N–H and O–H groups in total. The molecule has 0 fully saturated rings. The second-order valence-corrected chi connectivity index (χ2v) is 8.46. The number of benzene rings is 2. The smallest absolute Gasteiger partial charge is 0.225 e. The molecular weight excluding hydrogens is 500 g/mol. The van der Waals surface area contributed by atoms with Crippen LogP contribution in [0.1, 0.15) is 17.5 Å². The highest BCUT2D eigenvalue weighted by Crippen LogP contribution is 2.34. The van der Waals surface area contributed by atoms with Crippen molar-refractivity contribution in [1.29, 1.82) is 0 Å². The minimum atomic E-state index is 0.0255. The Morgan fingerprint density at radius 3 is 2.46 bits per heavy atom. The van der Waals surface area contributed by atoms with E-state index in [2.05, 4.69) is 82.3 Å². The third-order valence-electron chi connectivity index (χ3n) is 4.14. The Kier molecular flexibility index (Phi) is 6.13. The Morgan fingerprint density at radius 2 is 1.75 bits per heavy atom. The first kappa shape index (κ1) is 18.1. The normalized spacial score (nSPS) is 14.3. The number of fused-ring (bicyclic) bond motifs is 1. The molecule has 0 aromatic heterocycles. The maximum Gasteiger partial charge on any atom is 0.225 e. The van der Waals surface area contributed by atoms with Gasteiger partial charge < -0.3 is 5.32 Å². The molecule has 0 saturated carbocycles. The first-order valence-corrected chi connectivity index (χ1v) is 10.1. The number of hydrogen-bond donors (Lipinski definition) is 1. The van der Waals surface area contributed by atoms with Crippen LogP contribution in [0.2, 0.25) is 0 Å². The summed E-state index contributed by atoms with van der Waals surface area (Å²) < 4.78 is 2.65. The second kappa shape index (κ2) is 8.13. The van der Waals surface area contributed by atoms with Gasteiger partial charge in [-0.15, -0.1) is 0 Å². The molecule has 0 unspecified atom stereocenters. The lowest BCUT2D eigenvalue weighted by Gasteiger charge is -2.28. The molecule has 0 atom stereocenters. The molecule has 1 amide bonds. The van der Waals surface area contributed by atoms with Crippen LogP contribution in [0.4, 0.5) is 5.69 Å². The van der Waals surface area contributed by atoms with Crippen LogP contribution in [0.15, 0.2) is 49.8 Å². The average Bonchev–Trinajstić information content (AvgIpc) is 2.56. The summed E-state index contributed by atoms with van der Waals surface area (Å²) in [6, 6.07) is 12.4. The van der Waals surface area contributed by atoms with Crippen molar-refractivity contribution in [2.24, 2.45) is 0 Å². The molecule has 6 heteroatoms. The molecule has 0 bridgehead atoms. The molecule has 3 nitrogen and oxygen atoms in total. The van der Waals surface area contributed by atoms with Gasteiger partial charge in [-0.05, 0) is 61.5 Å². The summed E-state index contributed by atoms with van der Waals surface area (Å²) in [4.78, 5) is 14.6. The highest BCUT2D eigenvalue weighted by atomic mass is 79.9. The third-order valence-corrected chi connectivity index (χ3v) is 5.84. The van der Waals surface area contributed by atoms with Gasteiger partial charge >= 0.3 is 0 Å². The number of nitrogens with one attached hydrogen (secondary N) is 1. The van der Waals surface area contributed by atoms with Gasteiger partial charge in [-0.1, -0.05) is 40.2 Å². The molecule has 126 valence electrons. The van der Waals surface area contributed by atoms with E-state index in [-0.39, 0.29) is 5.91 Å². The summed E-state index contributed by atoms with van der Waals surface area (Å²) >= 11 is 10.4. The predicted molar refractivity (Wildman–Crippen MR) is 108 cm³/mol. The zero-order valence-electron chi connectivity index (χ0n) is 13.0. The lowest BCUT2D eigenvalue weighted by Crippen LogP contribution is -2.33. The topological polar surface area (TPSA) is 32.3 Å². The number of carbonyl (C=O) groups is 1. The highest BCUT2D eigenvalue weighted by molar-refractivity contribution is 9.11. The molecule has 0 radical (unpaired) electrons. The van der Waals surface area contributed by atoms with Crippen molar-refractivity contribution >= 4 is 59.4 Å². The molecule has 1 aliphatic rings. The minimum absolute atomic E-state index is 0.0255. The molecule has 24 heavy (non-hydrogen) atoms. The van der Waals surface area contributed by atoms with Gasteiger partial charge in [-0.3, -0.25) is 9.69 Å². The predicted octanol–water partition coefficient (Wildman–Crippen LogP) is 5.36. The van der Waals surface area contributed by atoms with Crippen LogP contribution in [0.25, 0.3) is 0 Å². The van der Waals surface area contributed by atoms with Crippen molar-refractivity contribution in [3.8, 4) is 0 Å². The fraction of sp³-hybridized carbons (Fsp3) is 0.278. The molecule has 3 rings (SSSR count). The standard InChI is InChI=1S/C18H17Br3N2O/c19-14-9-15(20)18(16(21)10-14)22-17(24)6-8-23-7-5-12-3-1-2-4-13(12)11-23/h1-4,9-10H,5-8,11H2,(H,22,24). The lowest BCUT2D eigenvalue weighted by molar-refractivity contribution is -0.116. The first-order valence-electron chi connectivity index (χ1n) is 7.76. The number of hydrogen-bond acceptors (Lipinski definition) is 2. The van der Waals surface area contributed by atoms with Crippen molar-refractivity contribution in [2.75, 3.05) is 18.4 Å². The fourth-order valence-corrected chi connectivity index (χ4v) is 5.33. The van der Waals surface area contributed by atoms with Crippen LogP contribution in [-0.2, 0) is 17.8 Å². The van der Waals surface area contributed by atoms with Crippen LogP contribution in [-0.4, -0.2) is 23.9 Å². The largest absolute Gasteiger partial charge is 0.324 e. The van der Waals surface area contributed by atoms with E-state index in [1.807, 2.05) is 12.1 Å². The molecular formula is C18H17Br3N2O. The van der Waals surface area contributed by atoms with E-state index in [1.165, 1.54) is 11.1 Å². The number of carbonyl (C=O) groups excluding carboxylic acids is 1. The number of amides is 1. The maximum atomic E-state index is 12.3. The van der Waals surface area contributed by atoms with Gasteiger partial charge in [0.15, 0.2) is 0 Å². The van der Waals surface area contributed by atoms with E-state index in [0.29, 0.717) is 6.42 Å². The fourth-order valence-electron chi connectivity index (χ4n) is 2.87. The number of rotatable bonds is 4. The van der Waals surface area contributed by atoms with Crippen molar-refractivity contribution < 1.29 is 4.79 Å². The Labute approximate surface area is 167 Å². The van der Waals surface area contributed by atoms with Crippen LogP contribution in [0, 0.1) is 0 Å². The minimum Gasteiger partial charge on any atom is -0.324 e. The summed E-state index contributed by atoms with van der Waals surface area (Å²) in [6.07, 6.45) is 1.54. The second-order valence-electron chi connectivity index (χ2n) is 5.84. The maximum absolute atomic E-state index is 12.3. The summed E-state index contributed by atoms with van der Waals surface area (Å²) in [5.41, 5.74) is 3.58. The average molecular weight is 517 g/mol. The highest BCUT2D eigenvalue weighted by Gasteiger charge is 2.17. The van der Waals surface area contributed by atoms with E-state index in [4.69, 9.17) is 0 Å². The number of nitrogens with zero attached hydrogens (tertiary/aromatic N) is 1. The van der Waals surface area contributed by atoms with Crippen LogP contribution in [0.5, 0.6) is 0 Å². The van der Waals surface area contributed by atoms with Gasteiger partial charge in [0.2, 0.25) is 5.91 Å². The molecule has 0 saturated heterocycles. The van der Waals surface area contributed by atoms with Gasteiger partial charge in [-0.2, -0.15) is 0 Å². The Morgan fingerprint density at radius 1 is 1.08 bits per heavy atom. The molecule has 1 heterocycles. The third kappa shape index (κ3) is 4.48. The van der Waals surface area contributed by atoms with Crippen molar-refractivity contribution in [3.63, 3.8) is 0 Å². The van der Waals surface area contributed by atoms with Crippen LogP contribution < -0.4 is 5.32 Å². The van der Waals surface area contributed by atoms with Gasteiger partial charge in [0.25, 0.3) is 0 Å². The molecule has 0 aliphatic carbocycles. The molecule has 2 aromatic rings. The van der Waals surface area contributed by atoms with E-state index in [1.54, 1.807) is 0 Å². The zero-order valence-corrected chi connectivity index (χ0v) is 17.7. The van der Waals surface area contributed by atoms with Gasteiger partial charge in [0.1, 0.15) is 0 Å². The zero-order chi connectivity index (χ0) is 17.1. The molecule has 2 aromatic carbocycles. The van der Waals surface area contributed by atoms with Crippen LogP contribution in [0.3, 0.4) is 0 Å². The van der Waals surface area contributed by atoms with Crippen molar-refractivity contribution in [3.05, 3.63) is 60.9 Å². The van der Waals surface area contributed by atoms with Crippen molar-refractivity contribution in [2.45, 2.75) is 19.4 Å².